The molecule has 1 atom stereocenters. The van der Waals surface area contributed by atoms with Crippen molar-refractivity contribution >= 4 is 11.9 Å². The van der Waals surface area contributed by atoms with Gasteiger partial charge in [-0.2, -0.15) is 0 Å². The Hall–Kier alpha value is -3.86. The molecule has 3 aromatic rings. The van der Waals surface area contributed by atoms with Crippen LogP contribution in [0, 0.1) is 5.92 Å². The predicted molar refractivity (Wildman–Crippen MR) is 128 cm³/mol. The summed E-state index contributed by atoms with van der Waals surface area (Å²) < 4.78 is 15.5. The summed E-state index contributed by atoms with van der Waals surface area (Å²) >= 11 is 0. The highest BCUT2D eigenvalue weighted by molar-refractivity contribution is 5.91. The van der Waals surface area contributed by atoms with E-state index >= 15 is 0 Å². The summed E-state index contributed by atoms with van der Waals surface area (Å²) in [7, 11) is 0. The largest absolute Gasteiger partial charge is 0.457 e. The van der Waals surface area contributed by atoms with E-state index < -0.39 is 11.9 Å². The second-order valence-electron chi connectivity index (χ2n) is 7.78. The van der Waals surface area contributed by atoms with Crippen LogP contribution in [0.5, 0.6) is 11.5 Å². The van der Waals surface area contributed by atoms with Gasteiger partial charge in [0.05, 0.1) is 5.56 Å². The van der Waals surface area contributed by atoms with Gasteiger partial charge in [-0.05, 0) is 65.4 Å². The fourth-order valence-corrected chi connectivity index (χ4v) is 3.16. The number of hydrogen-bond donors (Lipinski definition) is 0. The van der Waals surface area contributed by atoms with Gasteiger partial charge in [0.2, 0.25) is 6.79 Å². The smallest absolute Gasteiger partial charge is 0.343 e. The Morgan fingerprint density at radius 1 is 0.879 bits per heavy atom. The second kappa shape index (κ2) is 11.7. The van der Waals surface area contributed by atoms with Crippen LogP contribution in [0.4, 0.5) is 0 Å². The molecule has 0 heterocycles. The van der Waals surface area contributed by atoms with Gasteiger partial charge in [0.25, 0.3) is 0 Å². The van der Waals surface area contributed by atoms with E-state index in [1.54, 1.807) is 36.4 Å². The first-order valence-electron chi connectivity index (χ1n) is 10.9. The van der Waals surface area contributed by atoms with Crippen molar-refractivity contribution in [1.29, 1.82) is 0 Å². The third-order valence-corrected chi connectivity index (χ3v) is 5.32. The quantitative estimate of drug-likeness (QED) is 0.161. The Morgan fingerprint density at radius 2 is 1.45 bits per heavy atom. The molecule has 0 amide bonds. The minimum absolute atomic E-state index is 0.235. The number of rotatable bonds is 10. The third kappa shape index (κ3) is 7.07. The molecule has 0 aliphatic rings. The second-order valence-corrected chi connectivity index (χ2v) is 7.78. The summed E-state index contributed by atoms with van der Waals surface area (Å²) in [4.78, 5) is 23.4. The molecule has 5 nitrogen and oxygen atoms in total. The predicted octanol–water partition coefficient (Wildman–Crippen LogP) is 6.23. The van der Waals surface area contributed by atoms with E-state index in [1.165, 1.54) is 12.0 Å². The Morgan fingerprint density at radius 3 is 2.03 bits per heavy atom. The first-order chi connectivity index (χ1) is 16.0. The first-order valence-corrected chi connectivity index (χ1v) is 10.9. The number of carbonyl (C=O) groups excluding carboxylic acids is 2. The molecule has 3 rings (SSSR count). The van der Waals surface area contributed by atoms with Gasteiger partial charge in [0.1, 0.15) is 11.5 Å². The van der Waals surface area contributed by atoms with E-state index in [1.807, 2.05) is 12.1 Å². The molecule has 0 spiro atoms. The van der Waals surface area contributed by atoms with Crippen molar-refractivity contribution in [2.45, 2.75) is 26.7 Å². The average Bonchev–Trinajstić information content (AvgIpc) is 2.85. The van der Waals surface area contributed by atoms with Gasteiger partial charge in [0, 0.05) is 6.08 Å². The van der Waals surface area contributed by atoms with Crippen molar-refractivity contribution in [3.8, 4) is 22.6 Å². The third-order valence-electron chi connectivity index (χ3n) is 5.32. The van der Waals surface area contributed by atoms with E-state index in [0.717, 1.165) is 23.6 Å². The maximum atomic E-state index is 12.4. The molecule has 1 unspecified atom stereocenters. The standard InChI is InChI=1S/C28H28O5/c1-4-20(3)18-21-6-8-22(9-7-21)23-10-16-26(17-11-23)33-28(30)24-12-14-25(15-13-24)31-19-32-27(29)5-2/h5-17,20H,2,4,18-19H2,1,3H3. The summed E-state index contributed by atoms with van der Waals surface area (Å²) in [5, 5.41) is 0. The molecule has 0 saturated heterocycles. The van der Waals surface area contributed by atoms with Crippen LogP contribution in [-0.4, -0.2) is 18.7 Å². The Labute approximate surface area is 194 Å². The fourth-order valence-electron chi connectivity index (χ4n) is 3.16. The van der Waals surface area contributed by atoms with Crippen molar-refractivity contribution in [3.63, 3.8) is 0 Å². The summed E-state index contributed by atoms with van der Waals surface area (Å²) in [6.45, 7) is 7.55. The summed E-state index contributed by atoms with van der Waals surface area (Å²) in [6, 6.07) is 22.4. The molecule has 0 saturated carbocycles. The lowest BCUT2D eigenvalue weighted by molar-refractivity contribution is -0.144. The zero-order valence-electron chi connectivity index (χ0n) is 19.0. The average molecular weight is 445 g/mol. The molecule has 3 aromatic carbocycles. The molecule has 0 N–H and O–H groups in total. The van der Waals surface area contributed by atoms with Crippen molar-refractivity contribution in [2.75, 3.05) is 6.79 Å². The van der Waals surface area contributed by atoms with Gasteiger partial charge in [-0.3, -0.25) is 0 Å². The zero-order valence-corrected chi connectivity index (χ0v) is 19.0. The van der Waals surface area contributed by atoms with Crippen LogP contribution in [0.15, 0.2) is 85.5 Å². The highest BCUT2D eigenvalue weighted by atomic mass is 16.7. The lowest BCUT2D eigenvalue weighted by Crippen LogP contribution is -2.09. The topological polar surface area (TPSA) is 61.8 Å². The number of ether oxygens (including phenoxy) is 3. The number of esters is 2. The Balaban J connectivity index is 1.55. The highest BCUT2D eigenvalue weighted by Gasteiger charge is 2.10. The molecular formula is C28H28O5. The molecule has 0 bridgehead atoms. The molecular weight excluding hydrogens is 416 g/mol. The monoisotopic (exact) mass is 444 g/mol. The molecule has 170 valence electrons. The van der Waals surface area contributed by atoms with Crippen LogP contribution in [0.1, 0.15) is 36.2 Å². The lowest BCUT2D eigenvalue weighted by Gasteiger charge is -2.10. The van der Waals surface area contributed by atoms with Gasteiger partial charge in [-0.25, -0.2) is 9.59 Å². The van der Waals surface area contributed by atoms with Crippen molar-refractivity contribution in [1.82, 2.24) is 0 Å². The first kappa shape index (κ1) is 23.8. The molecule has 0 aliphatic heterocycles. The van der Waals surface area contributed by atoms with Crippen LogP contribution in [-0.2, 0) is 16.0 Å². The number of benzene rings is 3. The van der Waals surface area contributed by atoms with Crippen LogP contribution in [0.25, 0.3) is 11.1 Å². The summed E-state index contributed by atoms with van der Waals surface area (Å²) in [5.41, 5.74) is 3.90. The number of carbonyl (C=O) groups is 2. The van der Waals surface area contributed by atoms with Crippen molar-refractivity contribution < 1.29 is 23.8 Å². The Bertz CT molecular complexity index is 1070. The van der Waals surface area contributed by atoms with E-state index in [9.17, 15) is 9.59 Å². The maximum absolute atomic E-state index is 12.4. The van der Waals surface area contributed by atoms with E-state index in [4.69, 9.17) is 14.2 Å². The molecule has 0 aromatic heterocycles. The highest BCUT2D eigenvalue weighted by Crippen LogP contribution is 2.24. The van der Waals surface area contributed by atoms with Crippen LogP contribution < -0.4 is 9.47 Å². The zero-order chi connectivity index (χ0) is 23.6. The minimum atomic E-state index is -0.570. The van der Waals surface area contributed by atoms with Gasteiger partial charge >= 0.3 is 11.9 Å². The van der Waals surface area contributed by atoms with Gasteiger partial charge < -0.3 is 14.2 Å². The maximum Gasteiger partial charge on any atom is 0.343 e. The Kier molecular flexibility index (Phi) is 8.42. The van der Waals surface area contributed by atoms with Gasteiger partial charge in [-0.15, -0.1) is 0 Å². The van der Waals surface area contributed by atoms with Crippen LogP contribution in [0.3, 0.4) is 0 Å². The van der Waals surface area contributed by atoms with Crippen molar-refractivity contribution in [2.24, 2.45) is 5.92 Å². The SMILES string of the molecule is C=CC(=O)OCOc1ccc(C(=O)Oc2ccc(-c3ccc(CC(C)CC)cc3)cc2)cc1. The van der Waals surface area contributed by atoms with E-state index in [0.29, 0.717) is 23.0 Å². The number of hydrogen-bond acceptors (Lipinski definition) is 5. The van der Waals surface area contributed by atoms with Crippen LogP contribution >= 0.6 is 0 Å². The van der Waals surface area contributed by atoms with Gasteiger partial charge in [-0.1, -0.05) is 63.2 Å². The van der Waals surface area contributed by atoms with Gasteiger partial charge in [0.15, 0.2) is 0 Å². The molecule has 5 heteroatoms. The van der Waals surface area contributed by atoms with Crippen LogP contribution in [0.2, 0.25) is 0 Å². The summed E-state index contributed by atoms with van der Waals surface area (Å²) in [5.74, 6) is 0.564. The fraction of sp³-hybridized carbons (Fsp3) is 0.214. The molecule has 0 fully saturated rings. The van der Waals surface area contributed by atoms with Crippen molar-refractivity contribution in [3.05, 3.63) is 96.6 Å². The van der Waals surface area contributed by atoms with E-state index in [2.05, 4.69) is 44.7 Å². The van der Waals surface area contributed by atoms with E-state index in [-0.39, 0.29) is 6.79 Å². The molecule has 0 aliphatic carbocycles. The minimum Gasteiger partial charge on any atom is -0.457 e. The molecule has 33 heavy (non-hydrogen) atoms. The molecule has 0 radical (unpaired) electrons. The summed E-state index contributed by atoms with van der Waals surface area (Å²) in [6.07, 6.45) is 3.31. The lowest BCUT2D eigenvalue weighted by atomic mass is 9.97. The normalized spacial score (nSPS) is 11.3.